The van der Waals surface area contributed by atoms with Gasteiger partial charge in [0, 0.05) is 11.6 Å². The van der Waals surface area contributed by atoms with E-state index in [2.05, 4.69) is 19.8 Å². The van der Waals surface area contributed by atoms with Crippen LogP contribution < -0.4 is 10.4 Å². The third kappa shape index (κ3) is 3.15. The van der Waals surface area contributed by atoms with E-state index in [1.54, 1.807) is 30.5 Å². The van der Waals surface area contributed by atoms with Gasteiger partial charge < -0.3 is 0 Å². The second kappa shape index (κ2) is 6.65. The molecular formula is C17H19N5O3S. The molecule has 0 amide bonds. The zero-order chi connectivity index (χ0) is 18.1. The quantitative estimate of drug-likeness (QED) is 0.723. The van der Waals surface area contributed by atoms with Crippen molar-refractivity contribution >= 4 is 15.7 Å². The van der Waals surface area contributed by atoms with Crippen LogP contribution in [0.5, 0.6) is 0 Å². The topological polar surface area (TPSA) is 109 Å². The standard InChI is InChI=1S/C17H19N5O3S/c23-17-19-11-18-16-15(10-20-22(16)17)12-6-8-14(9-7-12)26(24,25)21-13-4-2-1-3-5-13/h6-11,13,21H,1-5H2,(H,18,19,23). The molecule has 0 atom stereocenters. The Hall–Kier alpha value is -2.52. The second-order valence-corrected chi connectivity index (χ2v) is 8.20. The normalized spacial score (nSPS) is 16.2. The van der Waals surface area contributed by atoms with Gasteiger partial charge in [0.1, 0.15) is 0 Å². The lowest BCUT2D eigenvalue weighted by Crippen LogP contribution is -2.36. The molecular weight excluding hydrogens is 354 g/mol. The number of hydrogen-bond donors (Lipinski definition) is 2. The van der Waals surface area contributed by atoms with E-state index in [4.69, 9.17) is 0 Å². The van der Waals surface area contributed by atoms with Gasteiger partial charge in [-0.2, -0.15) is 9.61 Å². The van der Waals surface area contributed by atoms with E-state index in [0.29, 0.717) is 11.2 Å². The Bertz CT molecular complexity index is 1080. The van der Waals surface area contributed by atoms with Gasteiger partial charge in [-0.3, -0.25) is 4.98 Å². The Morgan fingerprint density at radius 2 is 1.85 bits per heavy atom. The van der Waals surface area contributed by atoms with Crippen LogP contribution in [0.2, 0.25) is 0 Å². The monoisotopic (exact) mass is 373 g/mol. The van der Waals surface area contributed by atoms with Crippen LogP contribution >= 0.6 is 0 Å². The molecule has 1 fully saturated rings. The molecule has 2 aromatic heterocycles. The summed E-state index contributed by atoms with van der Waals surface area (Å²) in [6.45, 7) is 0. The van der Waals surface area contributed by atoms with E-state index < -0.39 is 10.0 Å². The van der Waals surface area contributed by atoms with Gasteiger partial charge in [0.2, 0.25) is 10.0 Å². The summed E-state index contributed by atoms with van der Waals surface area (Å²) < 4.78 is 29.1. The van der Waals surface area contributed by atoms with Crippen LogP contribution in [0.3, 0.4) is 0 Å². The summed E-state index contributed by atoms with van der Waals surface area (Å²) in [5.74, 6) is 0. The van der Waals surface area contributed by atoms with Gasteiger partial charge >= 0.3 is 5.69 Å². The highest BCUT2D eigenvalue weighted by atomic mass is 32.2. The summed E-state index contributed by atoms with van der Waals surface area (Å²) >= 11 is 0. The lowest BCUT2D eigenvalue weighted by atomic mass is 9.96. The van der Waals surface area contributed by atoms with Crippen LogP contribution in [0, 0.1) is 0 Å². The first-order valence-corrected chi connectivity index (χ1v) is 10.1. The number of rotatable bonds is 4. The molecule has 26 heavy (non-hydrogen) atoms. The minimum Gasteiger partial charge on any atom is -0.296 e. The number of sulfonamides is 1. The number of aromatic amines is 1. The molecule has 1 aromatic carbocycles. The van der Waals surface area contributed by atoms with E-state index in [1.165, 1.54) is 17.3 Å². The van der Waals surface area contributed by atoms with E-state index >= 15 is 0 Å². The van der Waals surface area contributed by atoms with Crippen molar-refractivity contribution in [1.29, 1.82) is 0 Å². The number of benzene rings is 1. The SMILES string of the molecule is O=c1[nH]cnc2c(-c3ccc(S(=O)(=O)NC4CCCCC4)cc3)cnn12. The van der Waals surface area contributed by atoms with Gasteiger partial charge in [-0.1, -0.05) is 31.4 Å². The fraction of sp³-hybridized carbons (Fsp3) is 0.353. The number of fused-ring (bicyclic) bond motifs is 1. The predicted octanol–water partition coefficient (Wildman–Crippen LogP) is 1.70. The van der Waals surface area contributed by atoms with E-state index in [1.807, 2.05) is 0 Å². The lowest BCUT2D eigenvalue weighted by Gasteiger charge is -2.22. The van der Waals surface area contributed by atoms with Crippen molar-refractivity contribution in [1.82, 2.24) is 24.3 Å². The maximum Gasteiger partial charge on any atom is 0.349 e. The van der Waals surface area contributed by atoms with Gasteiger partial charge in [-0.25, -0.2) is 22.9 Å². The molecule has 1 saturated carbocycles. The molecule has 3 aromatic rings. The van der Waals surface area contributed by atoms with Gasteiger partial charge in [0.05, 0.1) is 17.4 Å². The van der Waals surface area contributed by atoms with Crippen molar-refractivity contribution in [3.8, 4) is 11.1 Å². The third-order valence-electron chi connectivity index (χ3n) is 4.71. The first-order chi connectivity index (χ1) is 12.5. The highest BCUT2D eigenvalue weighted by Gasteiger charge is 2.22. The van der Waals surface area contributed by atoms with Crippen molar-refractivity contribution in [2.24, 2.45) is 0 Å². The minimum atomic E-state index is -3.54. The van der Waals surface area contributed by atoms with Gasteiger partial charge in [-0.05, 0) is 30.5 Å². The molecule has 0 saturated heterocycles. The lowest BCUT2D eigenvalue weighted by molar-refractivity contribution is 0.412. The van der Waals surface area contributed by atoms with Gasteiger partial charge in [-0.15, -0.1) is 0 Å². The first kappa shape index (κ1) is 16.9. The molecule has 2 heterocycles. The molecule has 0 spiro atoms. The fourth-order valence-electron chi connectivity index (χ4n) is 3.35. The molecule has 2 N–H and O–H groups in total. The second-order valence-electron chi connectivity index (χ2n) is 6.48. The minimum absolute atomic E-state index is 0.0176. The highest BCUT2D eigenvalue weighted by Crippen LogP contribution is 2.25. The van der Waals surface area contributed by atoms with Crippen molar-refractivity contribution in [3.05, 3.63) is 47.3 Å². The van der Waals surface area contributed by atoms with Crippen molar-refractivity contribution in [2.75, 3.05) is 0 Å². The Kier molecular flexibility index (Phi) is 4.33. The third-order valence-corrected chi connectivity index (χ3v) is 6.25. The van der Waals surface area contributed by atoms with Crippen LogP contribution in [0.1, 0.15) is 32.1 Å². The number of H-pyrrole nitrogens is 1. The Labute approximate surface area is 150 Å². The van der Waals surface area contributed by atoms with Crippen LogP contribution in [0.15, 0.2) is 46.5 Å². The molecule has 1 aliphatic rings. The molecule has 1 aliphatic carbocycles. The van der Waals surface area contributed by atoms with E-state index in [0.717, 1.165) is 31.2 Å². The summed E-state index contributed by atoms with van der Waals surface area (Å²) in [5, 5.41) is 4.02. The molecule has 9 heteroatoms. The predicted molar refractivity (Wildman–Crippen MR) is 96.2 cm³/mol. The van der Waals surface area contributed by atoms with Crippen LogP contribution in [-0.2, 0) is 10.0 Å². The molecule has 4 rings (SSSR count). The van der Waals surface area contributed by atoms with Crippen molar-refractivity contribution in [3.63, 3.8) is 0 Å². The highest BCUT2D eigenvalue weighted by molar-refractivity contribution is 7.89. The molecule has 0 aliphatic heterocycles. The number of nitrogens with one attached hydrogen (secondary N) is 2. The van der Waals surface area contributed by atoms with E-state index in [9.17, 15) is 13.2 Å². The van der Waals surface area contributed by atoms with E-state index in [-0.39, 0.29) is 16.6 Å². The fourth-order valence-corrected chi connectivity index (χ4v) is 4.65. The first-order valence-electron chi connectivity index (χ1n) is 8.59. The number of hydrogen-bond acceptors (Lipinski definition) is 5. The van der Waals surface area contributed by atoms with Crippen LogP contribution in [-0.4, -0.2) is 34.0 Å². The average molecular weight is 373 g/mol. The summed E-state index contributed by atoms with van der Waals surface area (Å²) in [4.78, 5) is 18.5. The van der Waals surface area contributed by atoms with Crippen LogP contribution in [0.4, 0.5) is 0 Å². The number of nitrogens with zero attached hydrogens (tertiary/aromatic N) is 3. The number of aromatic nitrogens is 4. The molecule has 136 valence electrons. The summed E-state index contributed by atoms with van der Waals surface area (Å²) in [6, 6.07) is 6.56. The van der Waals surface area contributed by atoms with Gasteiger partial charge in [0.25, 0.3) is 0 Å². The van der Waals surface area contributed by atoms with Crippen molar-refractivity contribution in [2.45, 2.75) is 43.0 Å². The summed E-state index contributed by atoms with van der Waals surface area (Å²) in [6.07, 6.45) is 7.93. The Morgan fingerprint density at radius 3 is 2.58 bits per heavy atom. The summed E-state index contributed by atoms with van der Waals surface area (Å²) in [5.41, 5.74) is 1.46. The molecule has 0 bridgehead atoms. The molecule has 0 unspecified atom stereocenters. The molecule has 8 nitrogen and oxygen atoms in total. The zero-order valence-electron chi connectivity index (χ0n) is 14.1. The smallest absolute Gasteiger partial charge is 0.296 e. The molecule has 0 radical (unpaired) electrons. The Balaban J connectivity index is 1.61. The Morgan fingerprint density at radius 1 is 1.12 bits per heavy atom. The average Bonchev–Trinajstić information content (AvgIpc) is 3.08. The zero-order valence-corrected chi connectivity index (χ0v) is 14.9. The maximum atomic E-state index is 12.6. The van der Waals surface area contributed by atoms with Crippen LogP contribution in [0.25, 0.3) is 16.8 Å². The largest absolute Gasteiger partial charge is 0.349 e. The maximum absolute atomic E-state index is 12.6. The van der Waals surface area contributed by atoms with Gasteiger partial charge in [0.15, 0.2) is 5.65 Å². The summed E-state index contributed by atoms with van der Waals surface area (Å²) in [7, 11) is -3.54. The van der Waals surface area contributed by atoms with Crippen molar-refractivity contribution < 1.29 is 8.42 Å².